The van der Waals surface area contributed by atoms with Crippen molar-refractivity contribution < 1.29 is 19.5 Å². The van der Waals surface area contributed by atoms with E-state index in [9.17, 15) is 19.5 Å². The molecular formula is C19H20ClN7O4S2. The highest BCUT2D eigenvalue weighted by Crippen LogP contribution is 2.41. The zero-order chi connectivity index (χ0) is 23.5. The molecular weight excluding hydrogens is 490 g/mol. The van der Waals surface area contributed by atoms with Gasteiger partial charge in [0.2, 0.25) is 5.16 Å². The standard InChI is InChI=1S/C19H20ClN7O4S2/c1-26-19(23-24-25-26)33-9-11-8-32-16-13(15(28)27(16)14(11)17(29)30)22-18(31)21-7-6-10-2-4-12(20)5-3-10/h2-5,13,16H,6-9H2,1H3,(H,29,30)(H2,21,22,31)/t13?,16-/m1/s1. The van der Waals surface area contributed by atoms with Gasteiger partial charge >= 0.3 is 12.0 Å². The van der Waals surface area contributed by atoms with Crippen LogP contribution in [0.2, 0.25) is 5.02 Å². The molecule has 0 radical (unpaired) electrons. The van der Waals surface area contributed by atoms with Crippen LogP contribution in [0.1, 0.15) is 5.56 Å². The number of nitrogens with zero attached hydrogens (tertiary/aromatic N) is 5. The number of fused-ring (bicyclic) bond motifs is 1. The van der Waals surface area contributed by atoms with Gasteiger partial charge in [-0.05, 0) is 40.1 Å². The number of benzene rings is 1. The highest BCUT2D eigenvalue weighted by Gasteiger charge is 2.54. The van der Waals surface area contributed by atoms with Crippen molar-refractivity contribution in [3.8, 4) is 0 Å². The Morgan fingerprint density at radius 1 is 1.33 bits per heavy atom. The van der Waals surface area contributed by atoms with Crippen molar-refractivity contribution >= 4 is 53.0 Å². The van der Waals surface area contributed by atoms with Crippen LogP contribution in [0.5, 0.6) is 0 Å². The molecule has 0 spiro atoms. The second-order valence-electron chi connectivity index (χ2n) is 7.30. The number of aromatic nitrogens is 4. The molecule has 2 aliphatic rings. The second-order valence-corrected chi connectivity index (χ2v) is 9.78. The van der Waals surface area contributed by atoms with E-state index in [-0.39, 0.29) is 5.70 Å². The molecule has 0 aliphatic carbocycles. The molecule has 0 saturated carbocycles. The number of hydrogen-bond donors (Lipinski definition) is 3. The minimum absolute atomic E-state index is 0.0347. The Hall–Kier alpha value is -2.77. The molecule has 174 valence electrons. The summed E-state index contributed by atoms with van der Waals surface area (Å²) in [5.74, 6) is -0.862. The van der Waals surface area contributed by atoms with Crippen LogP contribution in [0.15, 0.2) is 40.7 Å². The van der Waals surface area contributed by atoms with Gasteiger partial charge in [0.05, 0.1) is 0 Å². The van der Waals surface area contributed by atoms with E-state index in [0.29, 0.717) is 40.2 Å². The normalized spacial score (nSPS) is 19.7. The quantitative estimate of drug-likeness (QED) is 0.352. The largest absolute Gasteiger partial charge is 0.477 e. The van der Waals surface area contributed by atoms with Crippen LogP contribution >= 0.6 is 35.1 Å². The summed E-state index contributed by atoms with van der Waals surface area (Å²) in [6, 6.07) is 6.07. The van der Waals surface area contributed by atoms with E-state index in [1.807, 2.05) is 12.1 Å². The van der Waals surface area contributed by atoms with Crippen LogP contribution < -0.4 is 10.6 Å². The number of carboxylic acid groups (broad SMARTS) is 1. The average molecular weight is 510 g/mol. The van der Waals surface area contributed by atoms with Gasteiger partial charge in [-0.3, -0.25) is 9.69 Å². The van der Waals surface area contributed by atoms with E-state index in [2.05, 4.69) is 26.2 Å². The second kappa shape index (κ2) is 10.0. The van der Waals surface area contributed by atoms with E-state index in [4.69, 9.17) is 11.6 Å². The van der Waals surface area contributed by atoms with E-state index in [1.54, 1.807) is 19.2 Å². The number of hydrogen-bond acceptors (Lipinski definition) is 8. The van der Waals surface area contributed by atoms with Gasteiger partial charge in [0.15, 0.2) is 0 Å². The molecule has 0 bridgehead atoms. The molecule has 2 aliphatic heterocycles. The first-order valence-corrected chi connectivity index (χ1v) is 12.3. The molecule has 2 atom stereocenters. The van der Waals surface area contributed by atoms with Gasteiger partial charge in [-0.15, -0.1) is 16.9 Å². The third kappa shape index (κ3) is 5.09. The minimum Gasteiger partial charge on any atom is -0.477 e. The monoisotopic (exact) mass is 509 g/mol. The number of carbonyl (C=O) groups excluding carboxylic acids is 2. The van der Waals surface area contributed by atoms with Crippen molar-refractivity contribution in [2.24, 2.45) is 7.05 Å². The van der Waals surface area contributed by atoms with Crippen molar-refractivity contribution in [2.45, 2.75) is 23.0 Å². The molecule has 33 heavy (non-hydrogen) atoms. The molecule has 1 unspecified atom stereocenters. The Bertz CT molecular complexity index is 1110. The predicted molar refractivity (Wildman–Crippen MR) is 123 cm³/mol. The molecule has 1 fully saturated rings. The van der Waals surface area contributed by atoms with Gasteiger partial charge in [-0.2, -0.15) is 0 Å². The summed E-state index contributed by atoms with van der Waals surface area (Å²) in [5, 5.41) is 27.0. The summed E-state index contributed by atoms with van der Waals surface area (Å²) < 4.78 is 1.49. The highest BCUT2D eigenvalue weighted by molar-refractivity contribution is 8.01. The van der Waals surface area contributed by atoms with Gasteiger partial charge in [-0.1, -0.05) is 35.5 Å². The number of rotatable bonds is 8. The Balaban J connectivity index is 1.33. The number of β-lactam (4-membered cyclic amide) rings is 1. The van der Waals surface area contributed by atoms with Crippen LogP contribution in [-0.2, 0) is 23.1 Å². The summed E-state index contributed by atoms with van der Waals surface area (Å²) in [4.78, 5) is 38.2. The summed E-state index contributed by atoms with van der Waals surface area (Å²) in [7, 11) is 1.69. The smallest absolute Gasteiger partial charge is 0.352 e. The molecule has 3 N–H and O–H groups in total. The SMILES string of the molecule is Cn1nnnc1SCC1=C(C(=O)O)N2C(=O)C(NC(=O)NCCc3ccc(Cl)cc3)[C@H]2SC1. The van der Waals surface area contributed by atoms with Crippen LogP contribution in [0.4, 0.5) is 4.79 Å². The Morgan fingerprint density at radius 3 is 2.76 bits per heavy atom. The number of amides is 3. The number of urea groups is 1. The Labute approximate surface area is 202 Å². The van der Waals surface area contributed by atoms with E-state index in [0.717, 1.165) is 5.56 Å². The van der Waals surface area contributed by atoms with Crippen molar-refractivity contribution in [1.29, 1.82) is 0 Å². The highest BCUT2D eigenvalue weighted by atomic mass is 35.5. The summed E-state index contributed by atoms with van der Waals surface area (Å²) in [6.45, 7) is 0.383. The number of aliphatic carboxylic acids is 1. The lowest BCUT2D eigenvalue weighted by molar-refractivity contribution is -0.148. The lowest BCUT2D eigenvalue weighted by atomic mass is 10.0. The Kier molecular flexibility index (Phi) is 7.10. The molecule has 11 nitrogen and oxygen atoms in total. The predicted octanol–water partition coefficient (Wildman–Crippen LogP) is 1.12. The van der Waals surface area contributed by atoms with Gasteiger partial charge in [0, 0.05) is 30.1 Å². The number of carboxylic acids is 1. The first-order valence-electron chi connectivity index (χ1n) is 9.89. The first kappa shape index (κ1) is 23.4. The lowest BCUT2D eigenvalue weighted by Gasteiger charge is -2.49. The van der Waals surface area contributed by atoms with Gasteiger partial charge in [0.25, 0.3) is 5.91 Å². The lowest BCUT2D eigenvalue weighted by Crippen LogP contribution is -2.71. The number of tetrazole rings is 1. The molecule has 4 rings (SSSR count). The summed E-state index contributed by atoms with van der Waals surface area (Å²) in [5.41, 5.74) is 1.59. The van der Waals surface area contributed by atoms with Crippen molar-refractivity contribution in [1.82, 2.24) is 35.7 Å². The van der Waals surface area contributed by atoms with Gasteiger partial charge in [-0.25, -0.2) is 14.3 Å². The van der Waals surface area contributed by atoms with Crippen molar-refractivity contribution in [3.05, 3.63) is 46.1 Å². The third-order valence-corrected chi connectivity index (χ3v) is 7.79. The maximum atomic E-state index is 12.7. The molecule has 1 aromatic carbocycles. The van der Waals surface area contributed by atoms with Gasteiger partial charge < -0.3 is 15.7 Å². The number of thioether (sulfide) groups is 2. The fourth-order valence-electron chi connectivity index (χ4n) is 3.45. The molecule has 1 saturated heterocycles. The van der Waals surface area contributed by atoms with Crippen LogP contribution in [0.25, 0.3) is 0 Å². The van der Waals surface area contributed by atoms with Crippen molar-refractivity contribution in [3.63, 3.8) is 0 Å². The zero-order valence-corrected chi connectivity index (χ0v) is 19.8. The molecule has 1 aromatic heterocycles. The summed E-state index contributed by atoms with van der Waals surface area (Å²) >= 11 is 8.58. The van der Waals surface area contributed by atoms with E-state index < -0.39 is 29.3 Å². The molecule has 3 amide bonds. The number of aryl methyl sites for hydroxylation is 1. The van der Waals surface area contributed by atoms with Crippen LogP contribution in [0, 0.1) is 0 Å². The minimum atomic E-state index is -1.17. The molecule has 3 heterocycles. The van der Waals surface area contributed by atoms with Gasteiger partial charge in [0.1, 0.15) is 17.1 Å². The van der Waals surface area contributed by atoms with Crippen LogP contribution in [0.3, 0.4) is 0 Å². The maximum absolute atomic E-state index is 12.7. The van der Waals surface area contributed by atoms with Crippen LogP contribution in [-0.4, -0.2) is 77.6 Å². The average Bonchev–Trinajstić information content (AvgIpc) is 3.21. The fraction of sp³-hybridized carbons (Fsp3) is 0.368. The number of nitrogens with one attached hydrogen (secondary N) is 2. The Morgan fingerprint density at radius 2 is 2.09 bits per heavy atom. The van der Waals surface area contributed by atoms with Crippen molar-refractivity contribution in [2.75, 3.05) is 18.1 Å². The number of halogens is 1. The first-order chi connectivity index (χ1) is 15.8. The topological polar surface area (TPSA) is 142 Å². The van der Waals surface area contributed by atoms with E-state index in [1.165, 1.54) is 33.1 Å². The summed E-state index contributed by atoms with van der Waals surface area (Å²) in [6.07, 6.45) is 0.613. The third-order valence-electron chi connectivity index (χ3n) is 5.11. The fourth-order valence-corrected chi connectivity index (χ4v) is 5.91. The van der Waals surface area contributed by atoms with E-state index >= 15 is 0 Å². The molecule has 2 aromatic rings. The maximum Gasteiger partial charge on any atom is 0.352 e. The zero-order valence-electron chi connectivity index (χ0n) is 17.4. The molecule has 14 heteroatoms. The number of carbonyl (C=O) groups is 3.